The molecule has 0 radical (unpaired) electrons. The van der Waals surface area contributed by atoms with E-state index in [0.717, 1.165) is 28.9 Å². The summed E-state index contributed by atoms with van der Waals surface area (Å²) in [6, 6.07) is 13.9. The van der Waals surface area contributed by atoms with Crippen LogP contribution in [0, 0.1) is 11.3 Å². The Bertz CT molecular complexity index is 1160. The number of nitrogens with zero attached hydrogens (tertiary/aromatic N) is 6. The van der Waals surface area contributed by atoms with Gasteiger partial charge in [0.1, 0.15) is 23.8 Å². The summed E-state index contributed by atoms with van der Waals surface area (Å²) in [6.45, 7) is 2.05. The van der Waals surface area contributed by atoms with Crippen LogP contribution in [-0.4, -0.2) is 24.6 Å². The van der Waals surface area contributed by atoms with Crippen molar-refractivity contribution >= 4 is 23.1 Å². The number of nitriles is 1. The molecule has 0 fully saturated rings. The fourth-order valence-electron chi connectivity index (χ4n) is 3.09. The molecule has 4 aromatic rings. The second kappa shape index (κ2) is 7.62. The molecule has 0 spiro atoms. The maximum absolute atomic E-state index is 9.42. The maximum Gasteiger partial charge on any atom is 0.153 e. The highest BCUT2D eigenvalue weighted by atomic mass is 35.5. The number of halogens is 1. The molecule has 0 saturated carbocycles. The van der Waals surface area contributed by atoms with E-state index in [-0.39, 0.29) is 16.8 Å². The van der Waals surface area contributed by atoms with Gasteiger partial charge in [0.25, 0.3) is 0 Å². The van der Waals surface area contributed by atoms with Crippen molar-refractivity contribution in [3.8, 4) is 17.3 Å². The minimum atomic E-state index is -0.150. The molecule has 7 nitrogen and oxygen atoms in total. The number of anilines is 1. The molecule has 0 bridgehead atoms. The summed E-state index contributed by atoms with van der Waals surface area (Å²) in [7, 11) is 0. The van der Waals surface area contributed by atoms with Crippen molar-refractivity contribution in [2.24, 2.45) is 0 Å². The molecule has 0 aliphatic carbocycles. The SMILES string of the molecule is CCC(Nc1ncnc(Cl)c1C#N)c1cc2nccn2nc1-c1ccccc1. The van der Waals surface area contributed by atoms with Gasteiger partial charge in [0.2, 0.25) is 0 Å². The van der Waals surface area contributed by atoms with Crippen LogP contribution < -0.4 is 5.32 Å². The van der Waals surface area contributed by atoms with Gasteiger partial charge in [0.05, 0.1) is 11.7 Å². The third-order valence-corrected chi connectivity index (χ3v) is 4.76. The standard InChI is InChI=1S/C20H16ClN7/c1-2-16(26-20-15(11-22)19(21)24-12-25-20)14-10-17-23-8-9-28(17)27-18(14)13-6-4-3-5-7-13/h3-10,12,16H,2H2,1H3,(H,24,25,26). The first-order valence-electron chi connectivity index (χ1n) is 8.78. The number of fused-ring (bicyclic) bond motifs is 1. The third kappa shape index (κ3) is 3.26. The molecule has 4 rings (SSSR count). The van der Waals surface area contributed by atoms with Crippen molar-refractivity contribution in [2.75, 3.05) is 5.32 Å². The Morgan fingerprint density at radius 2 is 2.04 bits per heavy atom. The first-order valence-corrected chi connectivity index (χ1v) is 9.16. The number of aromatic nitrogens is 5. The van der Waals surface area contributed by atoms with E-state index in [9.17, 15) is 5.26 Å². The van der Waals surface area contributed by atoms with Crippen molar-refractivity contribution in [3.05, 3.63) is 71.4 Å². The summed E-state index contributed by atoms with van der Waals surface area (Å²) in [5.74, 6) is 0.400. The number of rotatable bonds is 5. The summed E-state index contributed by atoms with van der Waals surface area (Å²) in [6.07, 6.45) is 5.61. The van der Waals surface area contributed by atoms with Crippen LogP contribution in [-0.2, 0) is 0 Å². The smallest absolute Gasteiger partial charge is 0.153 e. The number of benzene rings is 1. The number of nitrogens with one attached hydrogen (secondary N) is 1. The quantitative estimate of drug-likeness (QED) is 0.512. The molecule has 1 unspecified atom stereocenters. The third-order valence-electron chi connectivity index (χ3n) is 4.47. The van der Waals surface area contributed by atoms with Gasteiger partial charge in [-0.15, -0.1) is 0 Å². The van der Waals surface area contributed by atoms with Gasteiger partial charge in [-0.1, -0.05) is 48.9 Å². The van der Waals surface area contributed by atoms with Crippen molar-refractivity contribution in [3.63, 3.8) is 0 Å². The molecule has 1 N–H and O–H groups in total. The van der Waals surface area contributed by atoms with E-state index in [2.05, 4.69) is 33.3 Å². The van der Waals surface area contributed by atoms with Crippen molar-refractivity contribution in [1.82, 2.24) is 24.6 Å². The van der Waals surface area contributed by atoms with Gasteiger partial charge in [-0.2, -0.15) is 10.4 Å². The van der Waals surface area contributed by atoms with Gasteiger partial charge in [-0.3, -0.25) is 0 Å². The molecular weight excluding hydrogens is 374 g/mol. The normalized spacial score (nSPS) is 11.9. The first-order chi connectivity index (χ1) is 13.7. The lowest BCUT2D eigenvalue weighted by Crippen LogP contribution is -2.15. The topological polar surface area (TPSA) is 91.8 Å². The highest BCUT2D eigenvalue weighted by molar-refractivity contribution is 6.30. The molecule has 3 aromatic heterocycles. The average molecular weight is 390 g/mol. The molecule has 1 atom stereocenters. The summed E-state index contributed by atoms with van der Waals surface area (Å²) < 4.78 is 1.75. The zero-order chi connectivity index (χ0) is 19.5. The van der Waals surface area contributed by atoms with Gasteiger partial charge in [0.15, 0.2) is 10.8 Å². The van der Waals surface area contributed by atoms with Crippen LogP contribution in [0.4, 0.5) is 5.82 Å². The molecule has 0 saturated heterocycles. The van der Waals surface area contributed by atoms with Crippen LogP contribution in [0.15, 0.2) is 55.1 Å². The van der Waals surface area contributed by atoms with Crippen LogP contribution in [0.3, 0.4) is 0 Å². The Kier molecular flexibility index (Phi) is 4.87. The predicted molar refractivity (Wildman–Crippen MR) is 107 cm³/mol. The van der Waals surface area contributed by atoms with Gasteiger partial charge in [0, 0.05) is 23.5 Å². The zero-order valence-corrected chi connectivity index (χ0v) is 15.8. The van der Waals surface area contributed by atoms with Crippen molar-refractivity contribution in [1.29, 1.82) is 5.26 Å². The van der Waals surface area contributed by atoms with Gasteiger partial charge < -0.3 is 5.32 Å². The maximum atomic E-state index is 9.42. The molecule has 28 heavy (non-hydrogen) atoms. The van der Waals surface area contributed by atoms with Crippen LogP contribution in [0.5, 0.6) is 0 Å². The summed E-state index contributed by atoms with van der Waals surface area (Å²) in [4.78, 5) is 12.4. The molecule has 8 heteroatoms. The van der Waals surface area contributed by atoms with E-state index < -0.39 is 0 Å². The van der Waals surface area contributed by atoms with Crippen LogP contribution >= 0.6 is 11.6 Å². The average Bonchev–Trinajstić information content (AvgIpc) is 3.19. The van der Waals surface area contributed by atoms with Crippen molar-refractivity contribution < 1.29 is 0 Å². The van der Waals surface area contributed by atoms with Crippen LogP contribution in [0.25, 0.3) is 16.9 Å². The molecule has 0 aliphatic heterocycles. The summed E-state index contributed by atoms with van der Waals surface area (Å²) >= 11 is 6.05. The Morgan fingerprint density at radius 1 is 1.21 bits per heavy atom. The highest BCUT2D eigenvalue weighted by Crippen LogP contribution is 2.32. The Hall–Kier alpha value is -3.50. The second-order valence-corrected chi connectivity index (χ2v) is 6.51. The monoisotopic (exact) mass is 389 g/mol. The largest absolute Gasteiger partial charge is 0.362 e. The molecule has 3 heterocycles. The van der Waals surface area contributed by atoms with E-state index in [4.69, 9.17) is 16.7 Å². The second-order valence-electron chi connectivity index (χ2n) is 6.15. The van der Waals surface area contributed by atoms with E-state index >= 15 is 0 Å². The van der Waals surface area contributed by atoms with Gasteiger partial charge >= 0.3 is 0 Å². The minimum absolute atomic E-state index is 0.125. The molecular formula is C20H16ClN7. The fourth-order valence-corrected chi connectivity index (χ4v) is 3.27. The van der Waals surface area contributed by atoms with E-state index in [1.165, 1.54) is 6.33 Å². The number of hydrogen-bond donors (Lipinski definition) is 1. The van der Waals surface area contributed by atoms with Crippen molar-refractivity contribution in [2.45, 2.75) is 19.4 Å². The molecule has 0 aliphatic rings. The van der Waals surface area contributed by atoms with E-state index in [1.807, 2.05) is 42.6 Å². The molecule has 138 valence electrons. The Morgan fingerprint density at radius 3 is 2.79 bits per heavy atom. The van der Waals surface area contributed by atoms with Gasteiger partial charge in [-0.05, 0) is 12.5 Å². The molecule has 0 amide bonds. The van der Waals surface area contributed by atoms with E-state index in [1.54, 1.807) is 10.7 Å². The van der Waals surface area contributed by atoms with E-state index in [0.29, 0.717) is 5.82 Å². The predicted octanol–water partition coefficient (Wildman–Crippen LogP) is 4.27. The first kappa shape index (κ1) is 17.9. The minimum Gasteiger partial charge on any atom is -0.362 e. The highest BCUT2D eigenvalue weighted by Gasteiger charge is 2.20. The Labute approximate surface area is 166 Å². The van der Waals surface area contributed by atoms with Crippen LogP contribution in [0.1, 0.15) is 30.5 Å². The van der Waals surface area contributed by atoms with Crippen LogP contribution in [0.2, 0.25) is 5.15 Å². The van der Waals surface area contributed by atoms with Gasteiger partial charge in [-0.25, -0.2) is 19.5 Å². The lowest BCUT2D eigenvalue weighted by atomic mass is 9.98. The summed E-state index contributed by atoms with van der Waals surface area (Å²) in [5.41, 5.74) is 3.76. The zero-order valence-electron chi connectivity index (χ0n) is 15.0. The Balaban J connectivity index is 1.84. The number of imidazole rings is 1. The lowest BCUT2D eigenvalue weighted by Gasteiger charge is -2.21. The molecule has 1 aromatic carbocycles. The summed E-state index contributed by atoms with van der Waals surface area (Å²) in [5, 5.41) is 17.7. The number of hydrogen-bond acceptors (Lipinski definition) is 6. The lowest BCUT2D eigenvalue weighted by molar-refractivity contribution is 0.734. The fraction of sp³-hybridized carbons (Fsp3) is 0.150.